The van der Waals surface area contributed by atoms with E-state index in [1.54, 1.807) is 0 Å². The van der Waals surface area contributed by atoms with E-state index in [2.05, 4.69) is 0 Å². The summed E-state index contributed by atoms with van der Waals surface area (Å²) in [5, 5.41) is 18.3. The second-order valence-electron chi connectivity index (χ2n) is 4.93. The van der Waals surface area contributed by atoms with Crippen molar-refractivity contribution in [2.24, 2.45) is 0 Å². The van der Waals surface area contributed by atoms with Crippen molar-refractivity contribution in [3.8, 4) is 0 Å². The fraction of sp³-hybridized carbons (Fsp3) is 0.889. The molecule has 1 rings (SSSR count). The van der Waals surface area contributed by atoms with Crippen LogP contribution in [-0.2, 0) is 14.8 Å². The molecule has 94 valence electrons. The van der Waals surface area contributed by atoms with Gasteiger partial charge in [-0.3, -0.25) is 4.79 Å². The van der Waals surface area contributed by atoms with E-state index in [1.165, 1.54) is 20.8 Å². The Labute approximate surface area is 94.9 Å². The molecule has 7 heteroatoms. The number of β-amino-alcohol motifs (C(OH)–C–C–N with tert-alkyl or cyclic N) is 1. The number of carbonyl (C=O) groups is 1. The van der Waals surface area contributed by atoms with E-state index >= 15 is 0 Å². The van der Waals surface area contributed by atoms with Crippen LogP contribution >= 0.6 is 0 Å². The number of carboxylic acid groups (broad SMARTS) is 1. The lowest BCUT2D eigenvalue weighted by Crippen LogP contribution is -2.48. The van der Waals surface area contributed by atoms with Gasteiger partial charge in [0.1, 0.15) is 6.04 Å². The van der Waals surface area contributed by atoms with Gasteiger partial charge in [0.25, 0.3) is 0 Å². The lowest BCUT2D eigenvalue weighted by Gasteiger charge is -2.29. The third-order valence-electron chi connectivity index (χ3n) is 2.60. The predicted octanol–water partition coefficient (Wildman–Crippen LogP) is -0.365. The van der Waals surface area contributed by atoms with Gasteiger partial charge in [-0.05, 0) is 20.8 Å². The first-order valence-electron chi connectivity index (χ1n) is 4.99. The highest BCUT2D eigenvalue weighted by molar-refractivity contribution is 7.90. The first kappa shape index (κ1) is 13.4. The Morgan fingerprint density at radius 1 is 1.38 bits per heavy atom. The van der Waals surface area contributed by atoms with Crippen molar-refractivity contribution in [2.45, 2.75) is 44.1 Å². The molecule has 0 bridgehead atoms. The van der Waals surface area contributed by atoms with Gasteiger partial charge in [0, 0.05) is 13.0 Å². The molecule has 0 spiro atoms. The zero-order valence-electron chi connectivity index (χ0n) is 9.54. The van der Waals surface area contributed by atoms with E-state index in [0.29, 0.717) is 0 Å². The fourth-order valence-corrected chi connectivity index (χ4v) is 3.21. The van der Waals surface area contributed by atoms with Gasteiger partial charge in [0.2, 0.25) is 10.0 Å². The molecule has 0 aromatic carbocycles. The second kappa shape index (κ2) is 3.97. The minimum atomic E-state index is -3.71. The quantitative estimate of drug-likeness (QED) is 0.698. The van der Waals surface area contributed by atoms with Crippen LogP contribution in [0, 0.1) is 0 Å². The number of carboxylic acids is 1. The van der Waals surface area contributed by atoms with Crippen LogP contribution in [0.25, 0.3) is 0 Å². The minimum Gasteiger partial charge on any atom is -0.480 e. The highest BCUT2D eigenvalue weighted by Crippen LogP contribution is 2.28. The Morgan fingerprint density at radius 2 is 1.88 bits per heavy atom. The second-order valence-corrected chi connectivity index (χ2v) is 7.57. The summed E-state index contributed by atoms with van der Waals surface area (Å²) in [7, 11) is -3.71. The number of hydrogen-bond donors (Lipinski definition) is 2. The van der Waals surface area contributed by atoms with Crippen LogP contribution in [0.3, 0.4) is 0 Å². The fourth-order valence-electron chi connectivity index (χ4n) is 1.63. The molecule has 0 unspecified atom stereocenters. The summed E-state index contributed by atoms with van der Waals surface area (Å²) in [6.07, 6.45) is -0.955. The number of aliphatic hydroxyl groups is 1. The van der Waals surface area contributed by atoms with E-state index in [-0.39, 0.29) is 13.0 Å². The molecule has 1 saturated heterocycles. The van der Waals surface area contributed by atoms with Gasteiger partial charge in [-0.25, -0.2) is 8.42 Å². The van der Waals surface area contributed by atoms with Gasteiger partial charge in [-0.1, -0.05) is 0 Å². The Kier molecular flexibility index (Phi) is 3.33. The third kappa shape index (κ3) is 2.21. The molecule has 0 aromatic rings. The Balaban J connectivity index is 3.09. The number of aliphatic carboxylic acids is 1. The molecule has 0 amide bonds. The summed E-state index contributed by atoms with van der Waals surface area (Å²) < 4.78 is 24.0. The molecule has 16 heavy (non-hydrogen) atoms. The zero-order valence-corrected chi connectivity index (χ0v) is 10.4. The van der Waals surface area contributed by atoms with E-state index < -0.39 is 32.9 Å². The minimum absolute atomic E-state index is 0.0509. The van der Waals surface area contributed by atoms with Crippen molar-refractivity contribution in [3.05, 3.63) is 0 Å². The Hall–Kier alpha value is -0.660. The highest BCUT2D eigenvalue weighted by atomic mass is 32.2. The number of hydrogen-bond acceptors (Lipinski definition) is 4. The van der Waals surface area contributed by atoms with Gasteiger partial charge in [0.15, 0.2) is 0 Å². The van der Waals surface area contributed by atoms with Crippen molar-refractivity contribution >= 4 is 16.0 Å². The number of sulfonamides is 1. The van der Waals surface area contributed by atoms with Gasteiger partial charge < -0.3 is 10.2 Å². The summed E-state index contributed by atoms with van der Waals surface area (Å²) >= 11 is 0. The summed E-state index contributed by atoms with van der Waals surface area (Å²) in [6, 6.07) is -1.15. The molecule has 6 nitrogen and oxygen atoms in total. The van der Waals surface area contributed by atoms with E-state index in [1.807, 2.05) is 0 Å². The van der Waals surface area contributed by atoms with Crippen LogP contribution in [-0.4, -0.2) is 52.3 Å². The molecule has 0 radical (unpaired) electrons. The maximum absolute atomic E-state index is 12.1. The topological polar surface area (TPSA) is 94.9 Å². The maximum Gasteiger partial charge on any atom is 0.322 e. The molecule has 0 aliphatic carbocycles. The van der Waals surface area contributed by atoms with Gasteiger partial charge in [-0.15, -0.1) is 0 Å². The van der Waals surface area contributed by atoms with Gasteiger partial charge in [-0.2, -0.15) is 4.31 Å². The zero-order chi connectivity index (χ0) is 12.7. The highest BCUT2D eigenvalue weighted by Gasteiger charge is 2.47. The largest absolute Gasteiger partial charge is 0.480 e. The Bertz CT molecular complexity index is 383. The summed E-state index contributed by atoms with van der Waals surface area (Å²) in [4.78, 5) is 10.9. The van der Waals surface area contributed by atoms with Crippen molar-refractivity contribution in [2.75, 3.05) is 6.54 Å². The lowest BCUT2D eigenvalue weighted by atomic mass is 10.2. The van der Waals surface area contributed by atoms with Crippen molar-refractivity contribution in [3.63, 3.8) is 0 Å². The van der Waals surface area contributed by atoms with Gasteiger partial charge in [0.05, 0.1) is 10.9 Å². The average Bonchev–Trinajstić information content (AvgIpc) is 2.45. The molecule has 1 heterocycles. The van der Waals surface area contributed by atoms with E-state index in [9.17, 15) is 18.3 Å². The van der Waals surface area contributed by atoms with E-state index in [4.69, 9.17) is 5.11 Å². The number of nitrogens with zero attached hydrogens (tertiary/aromatic N) is 1. The standard InChI is InChI=1S/C9H17NO5S/c1-9(2,3)16(14,15)10-5-6(11)4-7(10)8(12)13/h6-7,11H,4-5H2,1-3H3,(H,12,13)/t6-,7-/m1/s1. The molecule has 0 aromatic heterocycles. The van der Waals surface area contributed by atoms with Crippen molar-refractivity contribution in [1.82, 2.24) is 4.31 Å². The van der Waals surface area contributed by atoms with E-state index in [0.717, 1.165) is 4.31 Å². The van der Waals surface area contributed by atoms with Crippen LogP contribution in [0.2, 0.25) is 0 Å². The summed E-state index contributed by atoms with van der Waals surface area (Å²) in [6.45, 7) is 4.38. The summed E-state index contributed by atoms with van der Waals surface area (Å²) in [5.74, 6) is -1.22. The lowest BCUT2D eigenvalue weighted by molar-refractivity contribution is -0.140. The van der Waals surface area contributed by atoms with Gasteiger partial charge >= 0.3 is 5.97 Å². The molecule has 1 fully saturated rings. The summed E-state index contributed by atoms with van der Waals surface area (Å²) in [5.41, 5.74) is 0. The normalized spacial score (nSPS) is 28.2. The Morgan fingerprint density at radius 3 is 2.25 bits per heavy atom. The van der Waals surface area contributed by atoms with Crippen molar-refractivity contribution in [1.29, 1.82) is 0 Å². The predicted molar refractivity (Wildman–Crippen MR) is 57.4 cm³/mol. The molecule has 1 aliphatic heterocycles. The maximum atomic E-state index is 12.1. The average molecular weight is 251 g/mol. The molecule has 1 aliphatic rings. The van der Waals surface area contributed by atoms with Crippen LogP contribution in [0.5, 0.6) is 0 Å². The SMILES string of the molecule is CC(C)(C)S(=O)(=O)N1C[C@H](O)C[C@@H]1C(=O)O. The van der Waals surface area contributed by atoms with Crippen LogP contribution in [0.4, 0.5) is 0 Å². The molecular weight excluding hydrogens is 234 g/mol. The smallest absolute Gasteiger partial charge is 0.322 e. The molecule has 2 N–H and O–H groups in total. The number of rotatable bonds is 2. The van der Waals surface area contributed by atoms with Crippen molar-refractivity contribution < 1.29 is 23.4 Å². The van der Waals surface area contributed by atoms with Crippen LogP contribution < -0.4 is 0 Å². The molecule has 2 atom stereocenters. The van der Waals surface area contributed by atoms with Crippen LogP contribution in [0.15, 0.2) is 0 Å². The van der Waals surface area contributed by atoms with Crippen LogP contribution in [0.1, 0.15) is 27.2 Å². The number of aliphatic hydroxyl groups excluding tert-OH is 1. The molecular formula is C9H17NO5S. The first-order valence-corrected chi connectivity index (χ1v) is 6.43. The first-order chi connectivity index (χ1) is 7.07. The molecule has 0 saturated carbocycles. The monoisotopic (exact) mass is 251 g/mol. The third-order valence-corrected chi connectivity index (χ3v) is 5.17.